The van der Waals surface area contributed by atoms with Gasteiger partial charge in [0.25, 0.3) is 0 Å². The van der Waals surface area contributed by atoms with Gasteiger partial charge in [-0.1, -0.05) is 60.7 Å². The normalized spacial score (nSPS) is 24.8. The molecule has 0 spiro atoms. The Morgan fingerprint density at radius 2 is 1.54 bits per heavy atom. The fourth-order valence-corrected chi connectivity index (χ4v) is 4.00. The molecule has 2 aromatic rings. The molecule has 2 atom stereocenters. The number of hydrogen-bond acceptors (Lipinski definition) is 2. The summed E-state index contributed by atoms with van der Waals surface area (Å²) in [5, 5.41) is 3.82. The topological polar surface area (TPSA) is 15.3 Å². The predicted octanol–water partition coefficient (Wildman–Crippen LogP) is 4.04. The molecular formula is C22H28N2. The largest absolute Gasteiger partial charge is 0.313 e. The Morgan fingerprint density at radius 3 is 2.25 bits per heavy atom. The van der Waals surface area contributed by atoms with Gasteiger partial charge in [0.1, 0.15) is 0 Å². The zero-order chi connectivity index (χ0) is 16.2. The Balaban J connectivity index is 1.17. The van der Waals surface area contributed by atoms with Crippen molar-refractivity contribution in [3.8, 4) is 0 Å². The highest BCUT2D eigenvalue weighted by Crippen LogP contribution is 2.40. The molecule has 4 rings (SSSR count). The molecular weight excluding hydrogens is 292 g/mol. The minimum atomic E-state index is 0.717. The van der Waals surface area contributed by atoms with Crippen LogP contribution in [0, 0.1) is 5.92 Å². The third-order valence-corrected chi connectivity index (χ3v) is 5.64. The average Bonchev–Trinajstić information content (AvgIpc) is 3.43. The highest BCUT2D eigenvalue weighted by atomic mass is 15.1. The third kappa shape index (κ3) is 4.06. The molecule has 0 amide bonds. The maximum Gasteiger partial charge on any atom is 0.0233 e. The monoisotopic (exact) mass is 320 g/mol. The van der Waals surface area contributed by atoms with Crippen molar-refractivity contribution in [2.75, 3.05) is 19.6 Å². The van der Waals surface area contributed by atoms with Gasteiger partial charge in [-0.3, -0.25) is 4.90 Å². The Morgan fingerprint density at radius 1 is 0.875 bits per heavy atom. The first-order valence-corrected chi connectivity index (χ1v) is 9.43. The van der Waals surface area contributed by atoms with Crippen molar-refractivity contribution < 1.29 is 0 Å². The summed E-state index contributed by atoms with van der Waals surface area (Å²) in [6.45, 7) is 4.80. The molecule has 1 heterocycles. The van der Waals surface area contributed by atoms with E-state index in [1.807, 2.05) is 0 Å². The van der Waals surface area contributed by atoms with E-state index in [4.69, 9.17) is 0 Å². The molecule has 1 saturated heterocycles. The van der Waals surface area contributed by atoms with Crippen molar-refractivity contribution in [1.29, 1.82) is 0 Å². The molecule has 0 radical (unpaired) electrons. The fraction of sp³-hybridized carbons (Fsp3) is 0.455. The van der Waals surface area contributed by atoms with E-state index < -0.39 is 0 Å². The van der Waals surface area contributed by atoms with Gasteiger partial charge in [-0.25, -0.2) is 0 Å². The van der Waals surface area contributed by atoms with E-state index in [0.29, 0.717) is 0 Å². The summed E-state index contributed by atoms with van der Waals surface area (Å²) in [6, 6.07) is 22.6. The number of hydrogen-bond donors (Lipinski definition) is 1. The maximum atomic E-state index is 3.82. The number of piperidine rings is 1. The van der Waals surface area contributed by atoms with Gasteiger partial charge in [0.05, 0.1) is 0 Å². The molecule has 1 aliphatic heterocycles. The van der Waals surface area contributed by atoms with Crippen LogP contribution in [-0.2, 0) is 6.54 Å². The summed E-state index contributed by atoms with van der Waals surface area (Å²) in [5.74, 6) is 1.61. The number of rotatable bonds is 6. The van der Waals surface area contributed by atoms with Crippen LogP contribution in [-0.4, -0.2) is 30.6 Å². The van der Waals surface area contributed by atoms with Gasteiger partial charge >= 0.3 is 0 Å². The smallest absolute Gasteiger partial charge is 0.0233 e. The quantitative estimate of drug-likeness (QED) is 0.864. The average molecular weight is 320 g/mol. The highest BCUT2D eigenvalue weighted by Gasteiger charge is 2.38. The minimum absolute atomic E-state index is 0.717. The molecule has 1 aliphatic carbocycles. The third-order valence-electron chi connectivity index (χ3n) is 5.64. The lowest BCUT2D eigenvalue weighted by Gasteiger charge is -2.32. The summed E-state index contributed by atoms with van der Waals surface area (Å²) in [7, 11) is 0. The summed E-state index contributed by atoms with van der Waals surface area (Å²) in [5.41, 5.74) is 2.95. The van der Waals surface area contributed by atoms with Crippen LogP contribution >= 0.6 is 0 Å². The predicted molar refractivity (Wildman–Crippen MR) is 100 cm³/mol. The number of nitrogens with one attached hydrogen (secondary N) is 1. The van der Waals surface area contributed by atoms with Gasteiger partial charge in [0.15, 0.2) is 0 Å². The van der Waals surface area contributed by atoms with Crippen LogP contribution in [0.25, 0.3) is 0 Å². The molecule has 2 aliphatic rings. The lowest BCUT2D eigenvalue weighted by atomic mass is 9.96. The maximum absolute atomic E-state index is 3.82. The Bertz CT molecular complexity index is 617. The standard InChI is InChI=1S/C22H28N2/c1-3-7-19(8-4-1)17-24-13-11-18(12-14-24)16-23-22-15-21(22)20-9-5-2-6-10-20/h1-10,18,21-23H,11-17H2/t21?,22-/m0/s1. The summed E-state index contributed by atoms with van der Waals surface area (Å²) in [6.07, 6.45) is 3.99. The van der Waals surface area contributed by atoms with Crippen LogP contribution in [0.3, 0.4) is 0 Å². The van der Waals surface area contributed by atoms with Gasteiger partial charge in [0, 0.05) is 18.5 Å². The van der Waals surface area contributed by atoms with Gasteiger partial charge in [-0.05, 0) is 55.9 Å². The van der Waals surface area contributed by atoms with Gasteiger partial charge in [-0.2, -0.15) is 0 Å². The van der Waals surface area contributed by atoms with Crippen LogP contribution in [0.2, 0.25) is 0 Å². The van der Waals surface area contributed by atoms with E-state index >= 15 is 0 Å². The zero-order valence-electron chi connectivity index (χ0n) is 14.4. The molecule has 24 heavy (non-hydrogen) atoms. The van der Waals surface area contributed by atoms with E-state index in [9.17, 15) is 0 Å². The van der Waals surface area contributed by atoms with Gasteiger partial charge in [-0.15, -0.1) is 0 Å². The van der Waals surface area contributed by atoms with Gasteiger partial charge < -0.3 is 5.32 Å². The lowest BCUT2D eigenvalue weighted by molar-refractivity contribution is 0.175. The van der Waals surface area contributed by atoms with E-state index in [1.165, 1.54) is 50.0 Å². The summed E-state index contributed by atoms with van der Waals surface area (Å²) >= 11 is 0. The molecule has 1 saturated carbocycles. The minimum Gasteiger partial charge on any atom is -0.313 e. The number of nitrogens with zero attached hydrogens (tertiary/aromatic N) is 1. The van der Waals surface area contributed by atoms with Crippen LogP contribution in [0.15, 0.2) is 60.7 Å². The lowest BCUT2D eigenvalue weighted by Crippen LogP contribution is -2.37. The Hall–Kier alpha value is -1.64. The highest BCUT2D eigenvalue weighted by molar-refractivity contribution is 5.27. The van der Waals surface area contributed by atoms with Crippen molar-refractivity contribution in [1.82, 2.24) is 10.2 Å². The van der Waals surface area contributed by atoms with Crippen LogP contribution in [0.5, 0.6) is 0 Å². The van der Waals surface area contributed by atoms with Crippen LogP contribution in [0.4, 0.5) is 0 Å². The molecule has 126 valence electrons. The van der Waals surface area contributed by atoms with Crippen LogP contribution < -0.4 is 5.32 Å². The van der Waals surface area contributed by atoms with Crippen molar-refractivity contribution in [3.05, 3.63) is 71.8 Å². The first-order valence-electron chi connectivity index (χ1n) is 9.43. The molecule has 2 nitrogen and oxygen atoms in total. The molecule has 2 aromatic carbocycles. The van der Waals surface area contributed by atoms with E-state index in [2.05, 4.69) is 70.9 Å². The summed E-state index contributed by atoms with van der Waals surface area (Å²) < 4.78 is 0. The fourth-order valence-electron chi connectivity index (χ4n) is 4.00. The van der Waals surface area contributed by atoms with E-state index in [1.54, 1.807) is 0 Å². The van der Waals surface area contributed by atoms with Crippen molar-refractivity contribution in [3.63, 3.8) is 0 Å². The second kappa shape index (κ2) is 7.50. The molecule has 0 aromatic heterocycles. The first-order chi connectivity index (χ1) is 11.9. The molecule has 1 N–H and O–H groups in total. The van der Waals surface area contributed by atoms with E-state index in [-0.39, 0.29) is 0 Å². The second-order valence-electron chi connectivity index (χ2n) is 7.47. The van der Waals surface area contributed by atoms with Crippen molar-refractivity contribution in [2.24, 2.45) is 5.92 Å². The second-order valence-corrected chi connectivity index (χ2v) is 7.47. The van der Waals surface area contributed by atoms with E-state index in [0.717, 1.165) is 24.4 Å². The van der Waals surface area contributed by atoms with Crippen molar-refractivity contribution in [2.45, 2.75) is 37.8 Å². The number of likely N-dealkylation sites (tertiary alicyclic amines) is 1. The number of benzene rings is 2. The van der Waals surface area contributed by atoms with Gasteiger partial charge in [0.2, 0.25) is 0 Å². The SMILES string of the molecule is c1ccc(CN2CCC(CN[C@H]3CC3c3ccccc3)CC2)cc1. The molecule has 1 unspecified atom stereocenters. The zero-order valence-corrected chi connectivity index (χ0v) is 14.4. The Kier molecular flexibility index (Phi) is 4.96. The summed E-state index contributed by atoms with van der Waals surface area (Å²) in [4.78, 5) is 2.61. The van der Waals surface area contributed by atoms with Crippen molar-refractivity contribution >= 4 is 0 Å². The molecule has 0 bridgehead atoms. The molecule has 2 fully saturated rings. The first kappa shape index (κ1) is 15.9. The molecule has 2 heteroatoms. The van der Waals surface area contributed by atoms with Crippen LogP contribution in [0.1, 0.15) is 36.3 Å². The Labute approximate surface area is 145 Å².